The van der Waals surface area contributed by atoms with Gasteiger partial charge in [-0.1, -0.05) is 13.8 Å². The predicted octanol–water partition coefficient (Wildman–Crippen LogP) is 2.17. The molecule has 0 radical (unpaired) electrons. The van der Waals surface area contributed by atoms with Crippen LogP contribution in [-0.4, -0.2) is 38.9 Å². The van der Waals surface area contributed by atoms with Crippen molar-refractivity contribution in [2.45, 2.75) is 51.6 Å². The lowest BCUT2D eigenvalue weighted by atomic mass is 9.77. The molecule has 3 heteroatoms. The summed E-state index contributed by atoms with van der Waals surface area (Å²) in [6.45, 7) is 8.96. The Balaban J connectivity index is 1.84. The summed E-state index contributed by atoms with van der Waals surface area (Å²) in [4.78, 5) is 0. The zero-order chi connectivity index (χ0) is 12.6. The SMILES string of the molecule is COC1(CCNCCCNCC(C)C)CCC1. The molecule has 1 rings (SSSR count). The average Bonchev–Trinajstić information content (AvgIpc) is 2.24. The molecule has 0 bridgehead atoms. The Labute approximate surface area is 107 Å². The molecule has 1 saturated carbocycles. The molecule has 0 saturated heterocycles. The highest BCUT2D eigenvalue weighted by Gasteiger charge is 2.35. The molecule has 3 nitrogen and oxygen atoms in total. The van der Waals surface area contributed by atoms with Crippen molar-refractivity contribution in [2.75, 3.05) is 33.3 Å². The van der Waals surface area contributed by atoms with Crippen LogP contribution in [0.15, 0.2) is 0 Å². The first-order valence-electron chi connectivity index (χ1n) is 7.15. The van der Waals surface area contributed by atoms with Gasteiger partial charge in [0.15, 0.2) is 0 Å². The Morgan fingerprint density at radius 1 is 1.12 bits per heavy atom. The maximum atomic E-state index is 5.59. The first-order chi connectivity index (χ1) is 8.18. The fourth-order valence-corrected chi connectivity index (χ4v) is 2.30. The van der Waals surface area contributed by atoms with Crippen molar-refractivity contribution < 1.29 is 4.74 Å². The highest BCUT2D eigenvalue weighted by molar-refractivity contribution is 4.89. The Kier molecular flexibility index (Phi) is 7.09. The number of hydrogen-bond donors (Lipinski definition) is 2. The molecule has 0 unspecified atom stereocenters. The van der Waals surface area contributed by atoms with Gasteiger partial charge in [-0.3, -0.25) is 0 Å². The maximum absolute atomic E-state index is 5.59. The van der Waals surface area contributed by atoms with Gasteiger partial charge in [0, 0.05) is 7.11 Å². The lowest BCUT2D eigenvalue weighted by Crippen LogP contribution is -2.41. The lowest BCUT2D eigenvalue weighted by molar-refractivity contribution is -0.0767. The van der Waals surface area contributed by atoms with Crippen LogP contribution in [-0.2, 0) is 4.74 Å². The molecule has 0 amide bonds. The molecule has 0 aromatic heterocycles. The summed E-state index contributed by atoms with van der Waals surface area (Å²) in [6.07, 6.45) is 6.23. The van der Waals surface area contributed by atoms with E-state index in [-0.39, 0.29) is 5.60 Å². The van der Waals surface area contributed by atoms with Crippen LogP contribution in [0.5, 0.6) is 0 Å². The van der Waals surface area contributed by atoms with E-state index in [0.29, 0.717) is 0 Å². The number of hydrogen-bond acceptors (Lipinski definition) is 3. The van der Waals surface area contributed by atoms with Crippen LogP contribution in [0.4, 0.5) is 0 Å². The molecule has 17 heavy (non-hydrogen) atoms. The van der Waals surface area contributed by atoms with Gasteiger partial charge in [-0.05, 0) is 64.2 Å². The monoisotopic (exact) mass is 242 g/mol. The Morgan fingerprint density at radius 3 is 2.35 bits per heavy atom. The van der Waals surface area contributed by atoms with Gasteiger partial charge in [0.25, 0.3) is 0 Å². The molecule has 0 aromatic rings. The second-order valence-corrected chi connectivity index (χ2v) is 5.69. The Hall–Kier alpha value is -0.120. The summed E-state index contributed by atoms with van der Waals surface area (Å²) in [5.74, 6) is 0.753. The van der Waals surface area contributed by atoms with Crippen molar-refractivity contribution in [2.24, 2.45) is 5.92 Å². The molecule has 1 aliphatic carbocycles. The summed E-state index contributed by atoms with van der Waals surface area (Å²) in [5, 5.41) is 6.97. The second-order valence-electron chi connectivity index (χ2n) is 5.69. The van der Waals surface area contributed by atoms with E-state index in [4.69, 9.17) is 4.74 Å². The van der Waals surface area contributed by atoms with Crippen LogP contribution in [0, 0.1) is 5.92 Å². The second kappa shape index (κ2) is 8.06. The molecule has 2 N–H and O–H groups in total. The molecule has 0 spiro atoms. The summed E-state index contributed by atoms with van der Waals surface area (Å²) >= 11 is 0. The molecular formula is C14H30N2O. The zero-order valence-corrected chi connectivity index (χ0v) is 11.8. The van der Waals surface area contributed by atoms with Crippen LogP contribution in [0.2, 0.25) is 0 Å². The Bertz CT molecular complexity index is 185. The van der Waals surface area contributed by atoms with Gasteiger partial charge in [-0.2, -0.15) is 0 Å². The van der Waals surface area contributed by atoms with Crippen LogP contribution < -0.4 is 10.6 Å². The number of nitrogens with one attached hydrogen (secondary N) is 2. The molecule has 0 aromatic carbocycles. The minimum atomic E-state index is 0.225. The lowest BCUT2D eigenvalue weighted by Gasteiger charge is -2.40. The first kappa shape index (κ1) is 14.9. The van der Waals surface area contributed by atoms with E-state index < -0.39 is 0 Å². The van der Waals surface area contributed by atoms with Gasteiger partial charge in [0.1, 0.15) is 0 Å². The van der Waals surface area contributed by atoms with E-state index >= 15 is 0 Å². The van der Waals surface area contributed by atoms with Gasteiger partial charge in [0.05, 0.1) is 5.60 Å². The molecule has 1 aliphatic rings. The minimum Gasteiger partial charge on any atom is -0.378 e. The van der Waals surface area contributed by atoms with Crippen molar-refractivity contribution in [1.29, 1.82) is 0 Å². The van der Waals surface area contributed by atoms with E-state index in [1.807, 2.05) is 7.11 Å². The normalized spacial score (nSPS) is 18.4. The van der Waals surface area contributed by atoms with Crippen LogP contribution >= 0.6 is 0 Å². The highest BCUT2D eigenvalue weighted by atomic mass is 16.5. The van der Waals surface area contributed by atoms with E-state index in [2.05, 4.69) is 24.5 Å². The zero-order valence-electron chi connectivity index (χ0n) is 11.8. The van der Waals surface area contributed by atoms with Gasteiger partial charge in [-0.15, -0.1) is 0 Å². The topological polar surface area (TPSA) is 33.3 Å². The third-order valence-corrected chi connectivity index (χ3v) is 3.71. The molecular weight excluding hydrogens is 212 g/mol. The standard InChI is InChI=1S/C14H30N2O/c1-13(2)12-16-10-5-9-15-11-8-14(17-3)6-4-7-14/h13,15-16H,4-12H2,1-3H3. The summed E-state index contributed by atoms with van der Waals surface area (Å²) < 4.78 is 5.59. The van der Waals surface area contributed by atoms with Crippen molar-refractivity contribution in [3.8, 4) is 0 Å². The van der Waals surface area contributed by atoms with Crippen LogP contribution in [0.3, 0.4) is 0 Å². The quantitative estimate of drug-likeness (QED) is 0.576. The minimum absolute atomic E-state index is 0.225. The van der Waals surface area contributed by atoms with E-state index in [9.17, 15) is 0 Å². The fraction of sp³-hybridized carbons (Fsp3) is 1.00. The van der Waals surface area contributed by atoms with Gasteiger partial charge >= 0.3 is 0 Å². The average molecular weight is 242 g/mol. The first-order valence-corrected chi connectivity index (χ1v) is 7.15. The van der Waals surface area contributed by atoms with Crippen LogP contribution in [0.1, 0.15) is 46.0 Å². The third kappa shape index (κ3) is 5.84. The fourth-order valence-electron chi connectivity index (χ4n) is 2.30. The summed E-state index contributed by atoms with van der Waals surface area (Å²) in [7, 11) is 1.86. The molecule has 0 heterocycles. The number of ether oxygens (including phenoxy) is 1. The largest absolute Gasteiger partial charge is 0.378 e. The Morgan fingerprint density at radius 2 is 1.82 bits per heavy atom. The molecule has 0 atom stereocenters. The number of methoxy groups -OCH3 is 1. The smallest absolute Gasteiger partial charge is 0.0690 e. The van der Waals surface area contributed by atoms with Gasteiger partial charge < -0.3 is 15.4 Å². The molecule has 1 fully saturated rings. The number of rotatable bonds is 10. The summed E-state index contributed by atoms with van der Waals surface area (Å²) in [6, 6.07) is 0. The van der Waals surface area contributed by atoms with Crippen LogP contribution in [0.25, 0.3) is 0 Å². The van der Waals surface area contributed by atoms with Crippen molar-refractivity contribution in [3.05, 3.63) is 0 Å². The van der Waals surface area contributed by atoms with E-state index in [1.165, 1.54) is 32.1 Å². The van der Waals surface area contributed by atoms with E-state index in [1.54, 1.807) is 0 Å². The highest BCUT2D eigenvalue weighted by Crippen LogP contribution is 2.37. The van der Waals surface area contributed by atoms with Crippen molar-refractivity contribution in [3.63, 3.8) is 0 Å². The van der Waals surface area contributed by atoms with Gasteiger partial charge in [-0.25, -0.2) is 0 Å². The van der Waals surface area contributed by atoms with Crippen molar-refractivity contribution in [1.82, 2.24) is 10.6 Å². The molecule has 102 valence electrons. The van der Waals surface area contributed by atoms with Gasteiger partial charge in [0.2, 0.25) is 0 Å². The third-order valence-electron chi connectivity index (χ3n) is 3.71. The van der Waals surface area contributed by atoms with Crippen molar-refractivity contribution >= 4 is 0 Å². The maximum Gasteiger partial charge on any atom is 0.0690 e. The predicted molar refractivity (Wildman–Crippen MR) is 73.4 cm³/mol. The molecule has 0 aliphatic heterocycles. The summed E-state index contributed by atoms with van der Waals surface area (Å²) in [5.41, 5.74) is 0.225. The van der Waals surface area contributed by atoms with E-state index in [0.717, 1.165) is 32.1 Å².